The molecule has 0 radical (unpaired) electrons. The zero-order valence-electron chi connectivity index (χ0n) is 8.11. The summed E-state index contributed by atoms with van der Waals surface area (Å²) < 4.78 is 35.1. The Bertz CT molecular complexity index is 201. The van der Waals surface area contributed by atoms with E-state index in [2.05, 4.69) is 5.32 Å². The zero-order valence-corrected chi connectivity index (χ0v) is 8.11. The minimum atomic E-state index is -4.32. The molecule has 6 heteroatoms. The minimum Gasteiger partial charge on any atom is -0.394 e. The third-order valence-electron chi connectivity index (χ3n) is 1.51. The first-order valence-electron chi connectivity index (χ1n) is 4.15. The number of aliphatic hydroxyl groups is 1. The number of nitrogens with one attached hydrogen (secondary N) is 1. The summed E-state index contributed by atoms with van der Waals surface area (Å²) in [5, 5.41) is 11.0. The van der Waals surface area contributed by atoms with Crippen LogP contribution in [0.1, 0.15) is 26.7 Å². The summed E-state index contributed by atoms with van der Waals surface area (Å²) in [5.41, 5.74) is -0.872. The molecule has 14 heavy (non-hydrogen) atoms. The fraction of sp³-hybridized carbons (Fsp3) is 0.875. The standard InChI is InChI=1S/C8H14F3NO2/c1-7(2,5-13)12-6(14)3-4-8(9,10)11/h13H,3-5H2,1-2H3,(H,12,14). The summed E-state index contributed by atoms with van der Waals surface area (Å²) in [5.74, 6) is -0.707. The lowest BCUT2D eigenvalue weighted by molar-refractivity contribution is -0.145. The summed E-state index contributed by atoms with van der Waals surface area (Å²) >= 11 is 0. The van der Waals surface area contributed by atoms with E-state index in [0.29, 0.717) is 0 Å². The number of hydrogen-bond donors (Lipinski definition) is 2. The Morgan fingerprint density at radius 3 is 2.21 bits per heavy atom. The molecular formula is C8H14F3NO2. The Hall–Kier alpha value is -0.780. The Morgan fingerprint density at radius 2 is 1.86 bits per heavy atom. The van der Waals surface area contributed by atoms with Gasteiger partial charge in [0.2, 0.25) is 5.91 Å². The fourth-order valence-electron chi connectivity index (χ4n) is 0.735. The second kappa shape index (κ2) is 4.63. The van der Waals surface area contributed by atoms with Gasteiger partial charge in [-0.25, -0.2) is 0 Å². The number of alkyl halides is 3. The molecule has 0 aliphatic rings. The molecule has 1 amide bonds. The van der Waals surface area contributed by atoms with Crippen molar-refractivity contribution in [2.75, 3.05) is 6.61 Å². The Balaban J connectivity index is 3.89. The van der Waals surface area contributed by atoms with E-state index in [0.717, 1.165) is 0 Å². The quantitative estimate of drug-likeness (QED) is 0.737. The topological polar surface area (TPSA) is 49.3 Å². The fourth-order valence-corrected chi connectivity index (χ4v) is 0.735. The van der Waals surface area contributed by atoms with Crippen LogP contribution in [-0.4, -0.2) is 29.3 Å². The van der Waals surface area contributed by atoms with Crippen molar-refractivity contribution in [1.82, 2.24) is 5.32 Å². The van der Waals surface area contributed by atoms with Gasteiger partial charge in [-0.05, 0) is 13.8 Å². The van der Waals surface area contributed by atoms with E-state index in [-0.39, 0.29) is 6.61 Å². The van der Waals surface area contributed by atoms with Gasteiger partial charge in [-0.1, -0.05) is 0 Å². The lowest BCUT2D eigenvalue weighted by Crippen LogP contribution is -2.46. The first-order chi connectivity index (χ1) is 6.16. The lowest BCUT2D eigenvalue weighted by atomic mass is 10.1. The summed E-state index contributed by atoms with van der Waals surface area (Å²) in [6.45, 7) is 2.74. The van der Waals surface area contributed by atoms with Crippen molar-refractivity contribution in [3.8, 4) is 0 Å². The van der Waals surface area contributed by atoms with Gasteiger partial charge in [-0.15, -0.1) is 0 Å². The van der Waals surface area contributed by atoms with E-state index in [4.69, 9.17) is 5.11 Å². The van der Waals surface area contributed by atoms with Crippen LogP contribution in [0.15, 0.2) is 0 Å². The number of carbonyl (C=O) groups excluding carboxylic acids is 1. The SMILES string of the molecule is CC(C)(CO)NC(=O)CCC(F)(F)F. The summed E-state index contributed by atoms with van der Waals surface area (Å²) in [7, 11) is 0. The van der Waals surface area contributed by atoms with Crippen LogP contribution < -0.4 is 5.32 Å². The predicted molar refractivity (Wildman–Crippen MR) is 44.6 cm³/mol. The highest BCUT2D eigenvalue weighted by molar-refractivity contribution is 5.76. The Morgan fingerprint density at radius 1 is 1.36 bits per heavy atom. The summed E-state index contributed by atoms with van der Waals surface area (Å²) in [6, 6.07) is 0. The van der Waals surface area contributed by atoms with Crippen LogP contribution in [0.3, 0.4) is 0 Å². The number of amides is 1. The number of halogens is 3. The van der Waals surface area contributed by atoms with Gasteiger partial charge >= 0.3 is 6.18 Å². The van der Waals surface area contributed by atoms with Crippen molar-refractivity contribution in [3.05, 3.63) is 0 Å². The zero-order chi connectivity index (χ0) is 11.4. The molecule has 0 saturated carbocycles. The molecule has 0 aromatic carbocycles. The van der Waals surface area contributed by atoms with Crippen LogP contribution in [0, 0.1) is 0 Å². The van der Waals surface area contributed by atoms with Crippen molar-refractivity contribution in [3.63, 3.8) is 0 Å². The van der Waals surface area contributed by atoms with Crippen LogP contribution in [0.4, 0.5) is 13.2 Å². The minimum absolute atomic E-state index is 0.315. The molecule has 0 spiro atoms. The van der Waals surface area contributed by atoms with Crippen molar-refractivity contribution < 1.29 is 23.1 Å². The lowest BCUT2D eigenvalue weighted by Gasteiger charge is -2.23. The number of rotatable bonds is 4. The molecule has 0 aliphatic heterocycles. The highest BCUT2D eigenvalue weighted by Crippen LogP contribution is 2.21. The molecule has 0 atom stereocenters. The normalized spacial score (nSPS) is 12.7. The third-order valence-corrected chi connectivity index (χ3v) is 1.51. The number of hydrogen-bond acceptors (Lipinski definition) is 2. The van der Waals surface area contributed by atoms with Crippen molar-refractivity contribution >= 4 is 5.91 Å². The Labute approximate surface area is 80.3 Å². The monoisotopic (exact) mass is 213 g/mol. The molecule has 0 rings (SSSR count). The highest BCUT2D eigenvalue weighted by atomic mass is 19.4. The predicted octanol–water partition coefficient (Wildman–Crippen LogP) is 1.22. The molecule has 0 aliphatic carbocycles. The second-order valence-electron chi connectivity index (χ2n) is 3.71. The van der Waals surface area contributed by atoms with Crippen molar-refractivity contribution in [2.45, 2.75) is 38.4 Å². The Kier molecular flexibility index (Phi) is 4.38. The van der Waals surface area contributed by atoms with Crippen LogP contribution in [-0.2, 0) is 4.79 Å². The van der Waals surface area contributed by atoms with Gasteiger partial charge in [0.25, 0.3) is 0 Å². The van der Waals surface area contributed by atoms with E-state index >= 15 is 0 Å². The molecule has 0 aromatic rings. The van der Waals surface area contributed by atoms with Gasteiger partial charge in [0.15, 0.2) is 0 Å². The van der Waals surface area contributed by atoms with Gasteiger partial charge in [0.1, 0.15) is 0 Å². The maximum Gasteiger partial charge on any atom is 0.389 e. The first-order valence-corrected chi connectivity index (χ1v) is 4.15. The number of carbonyl (C=O) groups is 1. The van der Waals surface area contributed by atoms with E-state index in [1.54, 1.807) is 0 Å². The van der Waals surface area contributed by atoms with Gasteiger partial charge in [0.05, 0.1) is 18.6 Å². The molecule has 3 nitrogen and oxygen atoms in total. The van der Waals surface area contributed by atoms with Gasteiger partial charge < -0.3 is 10.4 Å². The summed E-state index contributed by atoms with van der Waals surface area (Å²) in [4.78, 5) is 10.9. The average Bonchev–Trinajstić information content (AvgIpc) is 1.99. The van der Waals surface area contributed by atoms with Crippen LogP contribution in [0.5, 0.6) is 0 Å². The average molecular weight is 213 g/mol. The molecule has 0 aromatic heterocycles. The number of aliphatic hydroxyl groups excluding tert-OH is 1. The molecule has 0 heterocycles. The molecule has 0 bridgehead atoms. The van der Waals surface area contributed by atoms with Gasteiger partial charge in [0, 0.05) is 6.42 Å². The van der Waals surface area contributed by atoms with Crippen molar-refractivity contribution in [2.24, 2.45) is 0 Å². The van der Waals surface area contributed by atoms with E-state index < -0.39 is 30.5 Å². The maximum absolute atomic E-state index is 11.7. The van der Waals surface area contributed by atoms with E-state index in [1.165, 1.54) is 13.8 Å². The second-order valence-corrected chi connectivity index (χ2v) is 3.71. The third kappa shape index (κ3) is 6.71. The van der Waals surface area contributed by atoms with Crippen LogP contribution >= 0.6 is 0 Å². The van der Waals surface area contributed by atoms with Gasteiger partial charge in [-0.2, -0.15) is 13.2 Å². The smallest absolute Gasteiger partial charge is 0.389 e. The molecule has 0 fully saturated rings. The molecule has 0 saturated heterocycles. The molecule has 2 N–H and O–H groups in total. The maximum atomic E-state index is 11.7. The highest BCUT2D eigenvalue weighted by Gasteiger charge is 2.29. The molecular weight excluding hydrogens is 199 g/mol. The van der Waals surface area contributed by atoms with Crippen LogP contribution in [0.25, 0.3) is 0 Å². The molecule has 0 unspecified atom stereocenters. The largest absolute Gasteiger partial charge is 0.394 e. The molecule has 84 valence electrons. The van der Waals surface area contributed by atoms with E-state index in [9.17, 15) is 18.0 Å². The summed E-state index contributed by atoms with van der Waals surface area (Å²) in [6.07, 6.45) is -6.06. The van der Waals surface area contributed by atoms with Gasteiger partial charge in [-0.3, -0.25) is 4.79 Å². The van der Waals surface area contributed by atoms with Crippen molar-refractivity contribution in [1.29, 1.82) is 0 Å². The van der Waals surface area contributed by atoms with E-state index in [1.807, 2.05) is 0 Å². The first kappa shape index (κ1) is 13.2. The van der Waals surface area contributed by atoms with Crippen LogP contribution in [0.2, 0.25) is 0 Å².